The number of rotatable bonds is 14. The molecule has 1 amide bonds. The van der Waals surface area contributed by atoms with Gasteiger partial charge in [0, 0.05) is 42.0 Å². The highest BCUT2D eigenvalue weighted by molar-refractivity contribution is 8.76. The lowest BCUT2D eigenvalue weighted by Gasteiger charge is -2.07. The van der Waals surface area contributed by atoms with Gasteiger partial charge in [-0.3, -0.25) is 14.4 Å². The van der Waals surface area contributed by atoms with Crippen LogP contribution in [0.1, 0.15) is 51.6 Å². The summed E-state index contributed by atoms with van der Waals surface area (Å²) < 4.78 is 5.31. The number of carbonyl (C=O) groups excluding carboxylic acids is 4. The molecular weight excluding hydrogens is 506 g/mol. The minimum absolute atomic E-state index is 0.00892. The van der Waals surface area contributed by atoms with E-state index in [1.807, 2.05) is 42.5 Å². The van der Waals surface area contributed by atoms with Gasteiger partial charge in [-0.1, -0.05) is 76.2 Å². The number of benzene rings is 3. The van der Waals surface area contributed by atoms with Crippen molar-refractivity contribution >= 4 is 50.7 Å². The summed E-state index contributed by atoms with van der Waals surface area (Å²) in [6.07, 6.45) is 1.16. The van der Waals surface area contributed by atoms with Crippen LogP contribution in [-0.4, -0.2) is 34.9 Å². The summed E-state index contributed by atoms with van der Waals surface area (Å²) >= 11 is 0. The van der Waals surface area contributed by atoms with Crippen LogP contribution >= 0.6 is 21.6 Å². The molecule has 3 aromatic carbocycles. The van der Waals surface area contributed by atoms with Crippen LogP contribution in [0.25, 0.3) is 0 Å². The summed E-state index contributed by atoms with van der Waals surface area (Å²) in [5.41, 5.74) is 3.50. The van der Waals surface area contributed by atoms with Crippen molar-refractivity contribution in [2.45, 2.75) is 32.8 Å². The predicted octanol–water partition coefficient (Wildman–Crippen LogP) is 6.16. The third kappa shape index (κ3) is 10.3. The van der Waals surface area contributed by atoms with Gasteiger partial charge in [0.25, 0.3) is 0 Å². The Hall–Kier alpha value is -3.36. The molecular formula is C29H29NO5S2. The zero-order valence-corrected chi connectivity index (χ0v) is 22.2. The normalized spacial score (nSPS) is 10.5. The molecule has 6 nitrogen and oxygen atoms in total. The summed E-state index contributed by atoms with van der Waals surface area (Å²) in [6, 6.07) is 23.2. The predicted molar refractivity (Wildman–Crippen MR) is 150 cm³/mol. The Bertz CT molecular complexity index is 1200. The van der Waals surface area contributed by atoms with Gasteiger partial charge in [-0.2, -0.15) is 0 Å². The molecule has 192 valence electrons. The molecule has 0 saturated carbocycles. The molecule has 0 aliphatic rings. The molecule has 37 heavy (non-hydrogen) atoms. The number of Topliss-reactive ketones (excluding diaryl/α,β-unsaturated/α-hetero) is 2. The number of hydrogen-bond acceptors (Lipinski definition) is 7. The van der Waals surface area contributed by atoms with Gasteiger partial charge < -0.3 is 10.1 Å². The number of ketones is 2. The molecule has 0 radical (unpaired) electrons. The lowest BCUT2D eigenvalue weighted by Crippen LogP contribution is -2.12. The lowest BCUT2D eigenvalue weighted by molar-refractivity contribution is -0.118. The van der Waals surface area contributed by atoms with E-state index in [9.17, 15) is 19.2 Å². The van der Waals surface area contributed by atoms with Crippen molar-refractivity contribution in [1.82, 2.24) is 0 Å². The Kier molecular flexibility index (Phi) is 11.5. The molecule has 0 saturated heterocycles. The van der Waals surface area contributed by atoms with Crippen LogP contribution < -0.4 is 5.32 Å². The maximum absolute atomic E-state index is 12.2. The summed E-state index contributed by atoms with van der Waals surface area (Å²) in [5.74, 6) is 0.931. The largest absolute Gasteiger partial charge is 0.457 e. The summed E-state index contributed by atoms with van der Waals surface area (Å²) in [5, 5.41) is 2.82. The Morgan fingerprint density at radius 3 is 2.00 bits per heavy atom. The Morgan fingerprint density at radius 2 is 1.35 bits per heavy atom. The maximum atomic E-state index is 12.2. The van der Waals surface area contributed by atoms with E-state index in [1.165, 1.54) is 6.92 Å². The molecule has 0 spiro atoms. The van der Waals surface area contributed by atoms with Crippen molar-refractivity contribution in [3.8, 4) is 0 Å². The monoisotopic (exact) mass is 535 g/mol. The van der Waals surface area contributed by atoms with Gasteiger partial charge in [0.05, 0.1) is 5.56 Å². The number of carbonyl (C=O) groups is 4. The first-order chi connectivity index (χ1) is 17.9. The second kappa shape index (κ2) is 15.0. The van der Waals surface area contributed by atoms with Gasteiger partial charge >= 0.3 is 5.97 Å². The van der Waals surface area contributed by atoms with E-state index in [0.717, 1.165) is 11.1 Å². The fourth-order valence-electron chi connectivity index (χ4n) is 3.30. The highest BCUT2D eigenvalue weighted by Crippen LogP contribution is 2.23. The summed E-state index contributed by atoms with van der Waals surface area (Å²) in [6.45, 7) is 1.72. The van der Waals surface area contributed by atoms with Crippen LogP contribution in [0, 0.1) is 0 Å². The molecule has 0 heterocycles. The van der Waals surface area contributed by atoms with E-state index in [4.69, 9.17) is 4.74 Å². The van der Waals surface area contributed by atoms with Crippen molar-refractivity contribution in [1.29, 1.82) is 0 Å². The molecule has 3 rings (SSSR count). The zero-order chi connectivity index (χ0) is 26.5. The zero-order valence-electron chi connectivity index (χ0n) is 20.6. The minimum atomic E-state index is -0.417. The fraction of sp³-hybridized carbons (Fsp3) is 0.241. The Morgan fingerprint density at radius 1 is 0.730 bits per heavy atom. The van der Waals surface area contributed by atoms with E-state index in [1.54, 1.807) is 58.0 Å². The van der Waals surface area contributed by atoms with Crippen molar-refractivity contribution in [2.24, 2.45) is 0 Å². The van der Waals surface area contributed by atoms with Crippen LogP contribution in [0.4, 0.5) is 5.69 Å². The smallest absolute Gasteiger partial charge is 0.338 e. The first-order valence-corrected chi connectivity index (χ1v) is 14.4. The molecule has 0 fully saturated rings. The van der Waals surface area contributed by atoms with Crippen LogP contribution in [-0.2, 0) is 27.4 Å². The van der Waals surface area contributed by atoms with Crippen LogP contribution in [0.5, 0.6) is 0 Å². The third-order valence-corrected chi connectivity index (χ3v) is 7.75. The van der Waals surface area contributed by atoms with E-state index in [2.05, 4.69) is 5.32 Å². The molecule has 0 unspecified atom stereocenters. The molecule has 3 aromatic rings. The SMILES string of the molecule is CC(=O)c1ccc(CC(=O)CCSSCCC(=O)Nc2ccc(C(=O)OCc3ccccc3)cc2)cc1. The van der Waals surface area contributed by atoms with E-state index >= 15 is 0 Å². The molecule has 8 heteroatoms. The molecule has 0 bridgehead atoms. The topological polar surface area (TPSA) is 89.5 Å². The summed E-state index contributed by atoms with van der Waals surface area (Å²) in [7, 11) is 3.14. The number of esters is 1. The van der Waals surface area contributed by atoms with Gasteiger partial charge in [-0.15, -0.1) is 0 Å². The first kappa shape index (κ1) is 28.2. The van der Waals surface area contributed by atoms with Gasteiger partial charge in [-0.25, -0.2) is 4.79 Å². The number of amides is 1. The summed E-state index contributed by atoms with van der Waals surface area (Å²) in [4.78, 5) is 47.9. The third-order valence-electron chi connectivity index (χ3n) is 5.34. The minimum Gasteiger partial charge on any atom is -0.457 e. The second-order valence-electron chi connectivity index (χ2n) is 8.30. The van der Waals surface area contributed by atoms with Crippen molar-refractivity contribution in [2.75, 3.05) is 16.8 Å². The average molecular weight is 536 g/mol. The van der Waals surface area contributed by atoms with E-state index in [-0.39, 0.29) is 24.1 Å². The molecule has 1 N–H and O–H groups in total. The number of anilines is 1. The second-order valence-corrected chi connectivity index (χ2v) is 11.0. The van der Waals surface area contributed by atoms with Gasteiger partial charge in [0.15, 0.2) is 5.78 Å². The number of nitrogens with one attached hydrogen (secondary N) is 1. The molecule has 0 atom stereocenters. The first-order valence-electron chi connectivity index (χ1n) is 11.9. The van der Waals surface area contributed by atoms with E-state index < -0.39 is 5.97 Å². The van der Waals surface area contributed by atoms with Crippen molar-refractivity contribution < 1.29 is 23.9 Å². The fourth-order valence-corrected chi connectivity index (χ4v) is 5.32. The average Bonchev–Trinajstić information content (AvgIpc) is 2.90. The van der Waals surface area contributed by atoms with Crippen molar-refractivity contribution in [3.63, 3.8) is 0 Å². The Labute approximate surface area is 225 Å². The number of ether oxygens (including phenoxy) is 1. The lowest BCUT2D eigenvalue weighted by atomic mass is 10.0. The highest BCUT2D eigenvalue weighted by atomic mass is 33.1. The molecule has 0 aliphatic carbocycles. The molecule has 0 aliphatic heterocycles. The number of hydrogen-bond donors (Lipinski definition) is 1. The highest BCUT2D eigenvalue weighted by Gasteiger charge is 2.09. The molecule has 0 aromatic heterocycles. The van der Waals surface area contributed by atoms with Crippen LogP contribution in [0.3, 0.4) is 0 Å². The van der Waals surface area contributed by atoms with Gasteiger partial charge in [-0.05, 0) is 42.3 Å². The standard InChI is InChI=1S/C29H29NO5S2/c1-21(31)24-9-7-22(8-10-24)19-27(32)15-17-36-37-18-16-28(33)30-26-13-11-25(12-14-26)29(34)35-20-23-5-3-2-4-6-23/h2-14H,15-20H2,1H3,(H,30,33). The van der Waals surface area contributed by atoms with Crippen molar-refractivity contribution in [3.05, 3.63) is 101 Å². The van der Waals surface area contributed by atoms with Crippen LogP contribution in [0.2, 0.25) is 0 Å². The Balaban J connectivity index is 1.27. The quantitative estimate of drug-likeness (QED) is 0.114. The van der Waals surface area contributed by atoms with E-state index in [0.29, 0.717) is 47.6 Å². The maximum Gasteiger partial charge on any atom is 0.338 e. The van der Waals surface area contributed by atoms with Gasteiger partial charge in [0.1, 0.15) is 12.4 Å². The van der Waals surface area contributed by atoms with Crippen LogP contribution in [0.15, 0.2) is 78.9 Å². The van der Waals surface area contributed by atoms with Gasteiger partial charge in [0.2, 0.25) is 5.91 Å².